The number of hydrogen-bond donors (Lipinski definition) is 2. The van der Waals surface area contributed by atoms with Crippen molar-refractivity contribution >= 4 is 22.9 Å². The highest BCUT2D eigenvalue weighted by atomic mass is 32.2. The first-order valence-electron chi connectivity index (χ1n) is 4.23. The molecule has 0 aliphatic carbocycles. The third-order valence-electron chi connectivity index (χ3n) is 2.45. The Morgan fingerprint density at radius 2 is 2.62 bits per heavy atom. The number of nitrogens with zero attached hydrogens (tertiary/aromatic N) is 2. The predicted molar refractivity (Wildman–Crippen MR) is 52.8 cm³/mol. The summed E-state index contributed by atoms with van der Waals surface area (Å²) in [5.74, 6) is 0. The van der Waals surface area contributed by atoms with Gasteiger partial charge in [-0.3, -0.25) is 4.68 Å². The lowest BCUT2D eigenvalue weighted by atomic mass is 10.2. The highest BCUT2D eigenvalue weighted by molar-refractivity contribution is 8.07. The molecule has 0 spiro atoms. The molecule has 13 heavy (non-hydrogen) atoms. The Balaban J connectivity index is 2.39. The first-order valence-corrected chi connectivity index (χ1v) is 5.17. The van der Waals surface area contributed by atoms with Gasteiger partial charge in [0.05, 0.1) is 22.5 Å². The van der Waals surface area contributed by atoms with E-state index in [2.05, 4.69) is 21.4 Å². The van der Waals surface area contributed by atoms with Gasteiger partial charge in [-0.25, -0.2) is 5.43 Å². The minimum atomic E-state index is 0.539. The molecule has 1 aromatic heterocycles. The van der Waals surface area contributed by atoms with Gasteiger partial charge >= 0.3 is 0 Å². The standard InChI is InChI=1S/C8H10N4S/c1-12-6-4-13-7-3-9-11-8(7)5(6)2-10-12/h2,4,7,9,11H,3H2,1H3. The van der Waals surface area contributed by atoms with Crippen LogP contribution in [0.4, 0.5) is 0 Å². The Kier molecular flexibility index (Phi) is 1.45. The summed E-state index contributed by atoms with van der Waals surface area (Å²) in [7, 11) is 1.97. The van der Waals surface area contributed by atoms with Gasteiger partial charge in [-0.2, -0.15) is 5.10 Å². The van der Waals surface area contributed by atoms with E-state index in [1.165, 1.54) is 16.3 Å². The molecule has 4 nitrogen and oxygen atoms in total. The normalized spacial score (nSPS) is 24.7. The van der Waals surface area contributed by atoms with Crippen LogP contribution in [0.5, 0.6) is 0 Å². The number of aromatic nitrogens is 2. The molecule has 0 aromatic carbocycles. The molecular formula is C8H10N4S. The van der Waals surface area contributed by atoms with E-state index in [1.54, 1.807) is 0 Å². The molecule has 1 aromatic rings. The molecule has 2 aliphatic heterocycles. The number of thioether (sulfide) groups is 1. The summed E-state index contributed by atoms with van der Waals surface area (Å²) >= 11 is 1.85. The molecule has 3 heterocycles. The third-order valence-corrected chi connectivity index (χ3v) is 3.54. The van der Waals surface area contributed by atoms with Crippen LogP contribution in [0, 0.1) is 0 Å². The number of fused-ring (bicyclic) bond motifs is 2. The van der Waals surface area contributed by atoms with Crippen LogP contribution in [0.3, 0.4) is 0 Å². The van der Waals surface area contributed by atoms with Gasteiger partial charge in [-0.05, 0) is 5.41 Å². The van der Waals surface area contributed by atoms with Gasteiger partial charge in [0.15, 0.2) is 0 Å². The summed E-state index contributed by atoms with van der Waals surface area (Å²) in [6.45, 7) is 0.991. The van der Waals surface area contributed by atoms with Gasteiger partial charge in [-0.15, -0.1) is 11.8 Å². The van der Waals surface area contributed by atoms with Crippen LogP contribution in [-0.4, -0.2) is 21.6 Å². The molecule has 68 valence electrons. The minimum Gasteiger partial charge on any atom is -0.324 e. The van der Waals surface area contributed by atoms with Crippen molar-refractivity contribution in [3.05, 3.63) is 16.8 Å². The molecule has 3 rings (SSSR count). The summed E-state index contributed by atoms with van der Waals surface area (Å²) in [6.07, 6.45) is 1.92. The second-order valence-corrected chi connectivity index (χ2v) is 4.31. The van der Waals surface area contributed by atoms with E-state index in [9.17, 15) is 0 Å². The number of nitrogens with one attached hydrogen (secondary N) is 2. The molecule has 1 saturated heterocycles. The Hall–Kier alpha value is -0.940. The summed E-state index contributed by atoms with van der Waals surface area (Å²) in [6, 6.07) is 0. The number of rotatable bonds is 0. The first-order chi connectivity index (χ1) is 6.36. The quantitative estimate of drug-likeness (QED) is 0.527. The zero-order valence-corrected chi connectivity index (χ0v) is 8.06. The number of aryl methyl sites for hydroxylation is 1. The smallest absolute Gasteiger partial charge is 0.0760 e. The molecule has 0 bridgehead atoms. The van der Waals surface area contributed by atoms with Crippen molar-refractivity contribution in [3.8, 4) is 0 Å². The number of hydrazine groups is 1. The van der Waals surface area contributed by atoms with E-state index in [1.807, 2.05) is 29.7 Å². The maximum atomic E-state index is 4.24. The fraction of sp³-hybridized carbons (Fsp3) is 0.375. The van der Waals surface area contributed by atoms with Crippen molar-refractivity contribution in [2.45, 2.75) is 5.25 Å². The maximum absolute atomic E-state index is 4.24. The topological polar surface area (TPSA) is 41.9 Å². The maximum Gasteiger partial charge on any atom is 0.0760 e. The Morgan fingerprint density at radius 1 is 1.69 bits per heavy atom. The highest BCUT2D eigenvalue weighted by Crippen LogP contribution is 2.22. The van der Waals surface area contributed by atoms with Crippen LogP contribution >= 0.6 is 11.8 Å². The van der Waals surface area contributed by atoms with Crippen LogP contribution in [-0.2, 0) is 7.05 Å². The van der Waals surface area contributed by atoms with Crippen LogP contribution in [0.1, 0.15) is 0 Å². The van der Waals surface area contributed by atoms with Crippen molar-refractivity contribution in [3.63, 3.8) is 0 Å². The van der Waals surface area contributed by atoms with Crippen molar-refractivity contribution in [2.24, 2.45) is 7.05 Å². The molecule has 1 fully saturated rings. The van der Waals surface area contributed by atoms with Crippen LogP contribution in [0.2, 0.25) is 0 Å². The van der Waals surface area contributed by atoms with E-state index in [0.717, 1.165) is 6.54 Å². The average Bonchev–Trinajstić information content (AvgIpc) is 2.70. The molecule has 2 N–H and O–H groups in total. The summed E-state index contributed by atoms with van der Waals surface area (Å²) in [5, 5.41) is 9.40. The van der Waals surface area contributed by atoms with Crippen LogP contribution in [0.15, 0.2) is 6.20 Å². The molecule has 0 radical (unpaired) electrons. The van der Waals surface area contributed by atoms with Gasteiger partial charge in [0.2, 0.25) is 0 Å². The number of hydrogen-bond acceptors (Lipinski definition) is 4. The lowest BCUT2D eigenvalue weighted by Gasteiger charge is -2.09. The summed E-state index contributed by atoms with van der Waals surface area (Å²) < 4.78 is 1.91. The van der Waals surface area contributed by atoms with Gasteiger partial charge in [0.25, 0.3) is 0 Å². The van der Waals surface area contributed by atoms with E-state index in [-0.39, 0.29) is 0 Å². The van der Waals surface area contributed by atoms with Crippen molar-refractivity contribution in [2.75, 3.05) is 6.54 Å². The third kappa shape index (κ3) is 0.941. The van der Waals surface area contributed by atoms with Gasteiger partial charge in [0.1, 0.15) is 0 Å². The van der Waals surface area contributed by atoms with Crippen molar-refractivity contribution in [1.82, 2.24) is 20.6 Å². The zero-order chi connectivity index (χ0) is 8.84. The van der Waals surface area contributed by atoms with E-state index < -0.39 is 0 Å². The van der Waals surface area contributed by atoms with Gasteiger partial charge in [-0.1, -0.05) is 0 Å². The summed E-state index contributed by atoms with van der Waals surface area (Å²) in [5.41, 5.74) is 7.62. The van der Waals surface area contributed by atoms with E-state index in [0.29, 0.717) is 5.25 Å². The molecule has 0 saturated carbocycles. The van der Waals surface area contributed by atoms with E-state index >= 15 is 0 Å². The Morgan fingerprint density at radius 3 is 3.54 bits per heavy atom. The molecule has 0 amide bonds. The lowest BCUT2D eigenvalue weighted by Crippen LogP contribution is -2.36. The van der Waals surface area contributed by atoms with E-state index in [4.69, 9.17) is 0 Å². The molecule has 1 unspecified atom stereocenters. The SMILES string of the molecule is Cn1ncc2c1=CSC1CNNC=21. The monoisotopic (exact) mass is 194 g/mol. The fourth-order valence-electron chi connectivity index (χ4n) is 1.72. The van der Waals surface area contributed by atoms with Crippen LogP contribution in [0.25, 0.3) is 11.1 Å². The largest absolute Gasteiger partial charge is 0.324 e. The zero-order valence-electron chi connectivity index (χ0n) is 7.24. The van der Waals surface area contributed by atoms with Gasteiger partial charge in [0, 0.05) is 18.8 Å². The molecular weight excluding hydrogens is 184 g/mol. The second kappa shape index (κ2) is 2.52. The Bertz CT molecular complexity index is 461. The second-order valence-electron chi connectivity index (χ2n) is 3.23. The Labute approximate surface area is 79.7 Å². The molecule has 1 atom stereocenters. The van der Waals surface area contributed by atoms with Crippen molar-refractivity contribution < 1.29 is 0 Å². The fourth-order valence-corrected chi connectivity index (χ4v) is 2.79. The average molecular weight is 194 g/mol. The molecule has 5 heteroatoms. The first kappa shape index (κ1) is 7.46. The van der Waals surface area contributed by atoms with Crippen LogP contribution < -0.4 is 21.4 Å². The van der Waals surface area contributed by atoms with Gasteiger partial charge < -0.3 is 5.43 Å². The minimum absolute atomic E-state index is 0.539. The van der Waals surface area contributed by atoms with Crippen molar-refractivity contribution in [1.29, 1.82) is 0 Å². The predicted octanol–water partition coefficient (Wildman–Crippen LogP) is -1.51. The summed E-state index contributed by atoms with van der Waals surface area (Å²) in [4.78, 5) is 0. The lowest BCUT2D eigenvalue weighted by molar-refractivity contribution is 0.738. The molecule has 2 aliphatic rings. The highest BCUT2D eigenvalue weighted by Gasteiger charge is 2.24.